The molecule has 19 heavy (non-hydrogen) atoms. The summed E-state index contributed by atoms with van der Waals surface area (Å²) < 4.78 is 17.1. The van der Waals surface area contributed by atoms with Crippen molar-refractivity contribution < 1.29 is 13.6 Å². The molecule has 0 aromatic rings. The van der Waals surface area contributed by atoms with Gasteiger partial charge in [0.2, 0.25) is 0 Å². The minimum atomic E-state index is -1.54. The lowest BCUT2D eigenvalue weighted by Gasteiger charge is -2.37. The average molecular weight is 307 g/mol. The molecule has 1 atom stereocenters. The minimum Gasteiger partial charge on any atom is -0.455 e. The van der Waals surface area contributed by atoms with Crippen molar-refractivity contribution in [1.82, 2.24) is 0 Å². The molecule has 0 aliphatic carbocycles. The summed E-state index contributed by atoms with van der Waals surface area (Å²) in [6, 6.07) is 1.19. The first-order valence-corrected chi connectivity index (χ1v) is 13.6. The van der Waals surface area contributed by atoms with Crippen LogP contribution in [0.1, 0.15) is 26.7 Å². The van der Waals surface area contributed by atoms with E-state index >= 15 is 0 Å². The summed E-state index contributed by atoms with van der Waals surface area (Å²) >= 11 is 0. The van der Waals surface area contributed by atoms with Crippen LogP contribution in [-0.2, 0) is 13.6 Å². The number of hydrogen-bond donors (Lipinski definition) is 0. The van der Waals surface area contributed by atoms with Crippen LogP contribution in [0.2, 0.25) is 37.8 Å². The van der Waals surface area contributed by atoms with Gasteiger partial charge in [-0.2, -0.15) is 0 Å². The van der Waals surface area contributed by atoms with Crippen LogP contribution in [-0.4, -0.2) is 43.6 Å². The summed E-state index contributed by atoms with van der Waals surface area (Å²) in [5.41, 5.74) is 0.734. The van der Waals surface area contributed by atoms with E-state index in [1.807, 2.05) is 0 Å². The van der Waals surface area contributed by atoms with Crippen LogP contribution in [0.15, 0.2) is 0 Å². The molecule has 0 bridgehead atoms. The summed E-state index contributed by atoms with van der Waals surface area (Å²) in [7, 11) is -1.35. The monoisotopic (exact) mass is 306 g/mol. The predicted octanol–water partition coefficient (Wildman–Crippen LogP) is 4.27. The molecule has 0 N–H and O–H groups in total. The topological polar surface area (TPSA) is 27.7 Å². The van der Waals surface area contributed by atoms with Gasteiger partial charge in [-0.25, -0.2) is 0 Å². The van der Waals surface area contributed by atoms with E-state index in [2.05, 4.69) is 40.0 Å². The first-order valence-electron chi connectivity index (χ1n) is 7.52. The maximum absolute atomic E-state index is 6.60. The zero-order chi connectivity index (χ0) is 14.9. The zero-order valence-corrected chi connectivity index (χ0v) is 16.0. The molecule has 0 aliphatic heterocycles. The first-order chi connectivity index (χ1) is 8.75. The van der Waals surface area contributed by atoms with E-state index in [9.17, 15) is 0 Å². The Morgan fingerprint density at radius 3 is 2.16 bits per heavy atom. The van der Waals surface area contributed by atoms with Gasteiger partial charge in [0.1, 0.15) is 0 Å². The Balaban J connectivity index is 3.97. The van der Waals surface area contributed by atoms with Crippen LogP contribution in [0.4, 0.5) is 0 Å². The van der Waals surface area contributed by atoms with E-state index in [4.69, 9.17) is 13.6 Å². The minimum absolute atomic E-state index is 0.686. The van der Waals surface area contributed by atoms with Crippen molar-refractivity contribution in [3.63, 3.8) is 0 Å². The zero-order valence-electron chi connectivity index (χ0n) is 14.0. The van der Waals surface area contributed by atoms with Gasteiger partial charge in [-0.3, -0.25) is 0 Å². The highest BCUT2D eigenvalue weighted by molar-refractivity contribution is 6.85. The molecule has 0 spiro atoms. The molecular weight excluding hydrogens is 272 g/mol. The van der Waals surface area contributed by atoms with Crippen molar-refractivity contribution in [3.8, 4) is 0 Å². The second-order valence-electron chi connectivity index (χ2n) is 6.48. The maximum Gasteiger partial charge on any atom is 0.176 e. The normalized spacial score (nSPS) is 14.7. The fourth-order valence-corrected chi connectivity index (χ4v) is 11.1. The van der Waals surface area contributed by atoms with E-state index in [0.29, 0.717) is 13.2 Å². The van der Waals surface area contributed by atoms with Crippen molar-refractivity contribution in [2.45, 2.75) is 64.5 Å². The van der Waals surface area contributed by atoms with Crippen LogP contribution in [0.5, 0.6) is 0 Å². The third-order valence-electron chi connectivity index (χ3n) is 3.84. The van der Waals surface area contributed by atoms with Gasteiger partial charge in [0, 0.05) is 13.7 Å². The second kappa shape index (κ2) is 9.29. The van der Waals surface area contributed by atoms with Gasteiger partial charge in [-0.15, -0.1) is 0 Å². The van der Waals surface area contributed by atoms with Crippen molar-refractivity contribution in [2.24, 2.45) is 0 Å². The standard InChI is InChI=1S/C14H34O3Si2/c1-8-14(2)19(6,7)17-18(4,5)13-9-10-16-12-11-15-3/h14H,8-13H2,1-7H3. The molecule has 0 saturated heterocycles. The Bertz CT molecular complexity index is 233. The lowest BCUT2D eigenvalue weighted by molar-refractivity contribution is 0.0707. The Hall–Kier alpha value is 0.314. The van der Waals surface area contributed by atoms with E-state index in [1.165, 1.54) is 12.5 Å². The van der Waals surface area contributed by atoms with Crippen LogP contribution in [0, 0.1) is 0 Å². The summed E-state index contributed by atoms with van der Waals surface area (Å²) in [6.45, 7) is 16.2. The lowest BCUT2D eigenvalue weighted by atomic mass is 10.4. The van der Waals surface area contributed by atoms with Crippen molar-refractivity contribution in [3.05, 3.63) is 0 Å². The molecule has 0 aromatic heterocycles. The molecule has 0 aliphatic rings. The van der Waals surface area contributed by atoms with Gasteiger partial charge in [-0.1, -0.05) is 20.3 Å². The molecule has 0 saturated carbocycles. The molecule has 116 valence electrons. The van der Waals surface area contributed by atoms with Crippen LogP contribution in [0.25, 0.3) is 0 Å². The third-order valence-corrected chi connectivity index (χ3v) is 12.5. The van der Waals surface area contributed by atoms with Gasteiger partial charge >= 0.3 is 0 Å². The molecule has 1 unspecified atom stereocenters. The molecule has 0 amide bonds. The Morgan fingerprint density at radius 2 is 1.63 bits per heavy atom. The largest absolute Gasteiger partial charge is 0.455 e. The van der Waals surface area contributed by atoms with Crippen LogP contribution in [0.3, 0.4) is 0 Å². The van der Waals surface area contributed by atoms with Gasteiger partial charge in [0.25, 0.3) is 0 Å². The summed E-state index contributed by atoms with van der Waals surface area (Å²) in [5, 5.41) is 0. The maximum atomic E-state index is 6.60. The molecule has 5 heteroatoms. The summed E-state index contributed by atoms with van der Waals surface area (Å²) in [4.78, 5) is 0. The average Bonchev–Trinajstić information content (AvgIpc) is 2.31. The molecule has 0 fully saturated rings. The highest BCUT2D eigenvalue weighted by Gasteiger charge is 2.36. The Labute approximate surface area is 122 Å². The number of ether oxygens (including phenoxy) is 2. The van der Waals surface area contributed by atoms with Crippen molar-refractivity contribution in [2.75, 3.05) is 26.9 Å². The van der Waals surface area contributed by atoms with E-state index in [1.54, 1.807) is 7.11 Å². The van der Waals surface area contributed by atoms with E-state index in [-0.39, 0.29) is 0 Å². The van der Waals surface area contributed by atoms with Gasteiger partial charge in [0.05, 0.1) is 13.2 Å². The fourth-order valence-electron chi connectivity index (χ4n) is 2.20. The first kappa shape index (κ1) is 19.3. The predicted molar refractivity (Wildman–Crippen MR) is 87.9 cm³/mol. The summed E-state index contributed by atoms with van der Waals surface area (Å²) in [6.07, 6.45) is 2.33. The van der Waals surface area contributed by atoms with Gasteiger partial charge < -0.3 is 13.6 Å². The fraction of sp³-hybridized carbons (Fsp3) is 1.00. The number of methoxy groups -OCH3 is 1. The number of rotatable bonds is 11. The van der Waals surface area contributed by atoms with Crippen LogP contribution >= 0.6 is 0 Å². The lowest BCUT2D eigenvalue weighted by Crippen LogP contribution is -2.46. The third kappa shape index (κ3) is 8.97. The molecule has 0 aromatic carbocycles. The number of hydrogen-bond acceptors (Lipinski definition) is 3. The Morgan fingerprint density at radius 1 is 1.00 bits per heavy atom. The smallest absolute Gasteiger partial charge is 0.176 e. The van der Waals surface area contributed by atoms with Gasteiger partial charge in [-0.05, 0) is 44.2 Å². The molecule has 0 radical (unpaired) electrons. The molecule has 0 rings (SSSR count). The Kier molecular flexibility index (Phi) is 9.44. The second-order valence-corrected chi connectivity index (χ2v) is 15.5. The van der Waals surface area contributed by atoms with Crippen molar-refractivity contribution in [1.29, 1.82) is 0 Å². The highest BCUT2D eigenvalue weighted by atomic mass is 28.4. The van der Waals surface area contributed by atoms with E-state index < -0.39 is 16.6 Å². The van der Waals surface area contributed by atoms with Crippen LogP contribution < -0.4 is 0 Å². The molecule has 0 heterocycles. The van der Waals surface area contributed by atoms with Gasteiger partial charge in [0.15, 0.2) is 16.6 Å². The summed E-state index contributed by atoms with van der Waals surface area (Å²) in [5.74, 6) is 0. The molecular formula is C14H34O3Si2. The highest BCUT2D eigenvalue weighted by Crippen LogP contribution is 2.30. The van der Waals surface area contributed by atoms with Crippen molar-refractivity contribution >= 4 is 16.6 Å². The molecule has 3 nitrogen and oxygen atoms in total. The van der Waals surface area contributed by atoms with E-state index in [0.717, 1.165) is 18.6 Å². The quantitative estimate of drug-likeness (QED) is 0.421. The SMILES string of the molecule is CCC(C)[Si](C)(C)O[Si](C)(C)CCCOCCOC.